The van der Waals surface area contributed by atoms with Crippen LogP contribution < -0.4 is 5.32 Å². The number of ketones is 1. The van der Waals surface area contributed by atoms with Crippen LogP contribution in [0.3, 0.4) is 0 Å². The molecule has 0 unspecified atom stereocenters. The minimum Gasteiger partial charge on any atom is -0.388 e. The van der Waals surface area contributed by atoms with Gasteiger partial charge in [-0.2, -0.15) is 13.2 Å². The van der Waals surface area contributed by atoms with E-state index in [9.17, 15) is 18.0 Å². The second-order valence-electron chi connectivity index (χ2n) is 5.22. The molecule has 1 fully saturated rings. The number of anilines is 1. The van der Waals surface area contributed by atoms with Crippen molar-refractivity contribution in [1.82, 2.24) is 5.16 Å². The van der Waals surface area contributed by atoms with E-state index in [0.29, 0.717) is 11.3 Å². The van der Waals surface area contributed by atoms with Gasteiger partial charge in [-0.25, -0.2) is 0 Å². The van der Waals surface area contributed by atoms with Crippen LogP contribution in [0.2, 0.25) is 0 Å². The third-order valence-corrected chi connectivity index (χ3v) is 3.65. The van der Waals surface area contributed by atoms with E-state index in [2.05, 4.69) is 10.5 Å². The first-order valence-electron chi connectivity index (χ1n) is 6.80. The molecule has 1 heterocycles. The van der Waals surface area contributed by atoms with Gasteiger partial charge in [-0.1, -0.05) is 5.16 Å². The van der Waals surface area contributed by atoms with Crippen LogP contribution in [-0.4, -0.2) is 18.0 Å². The molecule has 1 aromatic carbocycles. The topological polar surface area (TPSA) is 55.1 Å². The summed E-state index contributed by atoms with van der Waals surface area (Å²) < 4.78 is 43.4. The number of alkyl halides is 3. The summed E-state index contributed by atoms with van der Waals surface area (Å²) in [7, 11) is 1.47. The molecule has 4 nitrogen and oxygen atoms in total. The number of nitrogens with zero attached hydrogens (tertiary/aromatic N) is 1. The maximum Gasteiger partial charge on any atom is 0.416 e. The van der Waals surface area contributed by atoms with E-state index in [4.69, 9.17) is 4.52 Å². The maximum atomic E-state index is 12.8. The Morgan fingerprint density at radius 1 is 1.32 bits per heavy atom. The molecule has 2 aromatic rings. The van der Waals surface area contributed by atoms with E-state index in [-0.39, 0.29) is 23.0 Å². The molecule has 1 N–H and O–H groups in total. The molecular weight excluding hydrogens is 297 g/mol. The molecule has 0 atom stereocenters. The number of aromatic nitrogens is 1. The molecule has 0 aliphatic heterocycles. The summed E-state index contributed by atoms with van der Waals surface area (Å²) in [6, 6.07) is 3.01. The fraction of sp³-hybridized carbons (Fsp3) is 0.333. The van der Waals surface area contributed by atoms with Crippen molar-refractivity contribution in [3.05, 3.63) is 46.8 Å². The molecular formula is C15H13F3N2O2. The van der Waals surface area contributed by atoms with Gasteiger partial charge in [0, 0.05) is 24.2 Å². The Bertz CT molecular complexity index is 718. The minimum absolute atomic E-state index is 0.128. The van der Waals surface area contributed by atoms with Gasteiger partial charge in [-0.05, 0) is 31.0 Å². The summed E-state index contributed by atoms with van der Waals surface area (Å²) in [5.74, 6) is 0.321. The molecule has 116 valence electrons. The van der Waals surface area contributed by atoms with Crippen molar-refractivity contribution < 1.29 is 22.5 Å². The van der Waals surface area contributed by atoms with Crippen LogP contribution in [0.5, 0.6) is 0 Å². The highest BCUT2D eigenvalue weighted by molar-refractivity contribution is 6.12. The summed E-state index contributed by atoms with van der Waals surface area (Å²) in [4.78, 5) is 12.6. The van der Waals surface area contributed by atoms with Crippen LogP contribution in [0.25, 0.3) is 0 Å². The monoisotopic (exact) mass is 310 g/mol. The number of carbonyl (C=O) groups excluding carboxylic acids is 1. The van der Waals surface area contributed by atoms with Crippen LogP contribution in [0.4, 0.5) is 18.9 Å². The highest BCUT2D eigenvalue weighted by atomic mass is 19.4. The maximum absolute atomic E-state index is 12.8. The molecule has 22 heavy (non-hydrogen) atoms. The van der Waals surface area contributed by atoms with Crippen LogP contribution in [0.15, 0.2) is 28.9 Å². The second-order valence-corrected chi connectivity index (χ2v) is 5.22. The average Bonchev–Trinajstić information content (AvgIpc) is 3.22. The van der Waals surface area contributed by atoms with Gasteiger partial charge in [-0.3, -0.25) is 4.79 Å². The van der Waals surface area contributed by atoms with Crippen molar-refractivity contribution in [2.75, 3.05) is 12.4 Å². The lowest BCUT2D eigenvalue weighted by molar-refractivity contribution is -0.137. The predicted molar refractivity (Wildman–Crippen MR) is 72.9 cm³/mol. The van der Waals surface area contributed by atoms with Gasteiger partial charge in [0.05, 0.1) is 17.3 Å². The second kappa shape index (κ2) is 5.15. The smallest absolute Gasteiger partial charge is 0.388 e. The standard InChI is InChI=1S/C15H13F3N2O2/c1-19-12-6-9(15(16,17)18)4-5-10(12)13(21)11-7-20-22-14(11)8-2-3-8/h4-8,19H,2-3H2,1H3. The van der Waals surface area contributed by atoms with Gasteiger partial charge in [0.25, 0.3) is 0 Å². The quantitative estimate of drug-likeness (QED) is 0.872. The summed E-state index contributed by atoms with van der Waals surface area (Å²) in [6.45, 7) is 0. The Hall–Kier alpha value is -2.31. The Kier molecular flexibility index (Phi) is 3.42. The Morgan fingerprint density at radius 3 is 2.64 bits per heavy atom. The summed E-state index contributed by atoms with van der Waals surface area (Å²) in [6.07, 6.45) is -1.26. The van der Waals surface area contributed by atoms with E-state index in [0.717, 1.165) is 25.0 Å². The van der Waals surface area contributed by atoms with Crippen molar-refractivity contribution in [1.29, 1.82) is 0 Å². The van der Waals surface area contributed by atoms with Crippen molar-refractivity contribution in [3.8, 4) is 0 Å². The van der Waals surface area contributed by atoms with Crippen LogP contribution >= 0.6 is 0 Å². The van der Waals surface area contributed by atoms with Gasteiger partial charge < -0.3 is 9.84 Å². The van der Waals surface area contributed by atoms with Crippen molar-refractivity contribution in [2.45, 2.75) is 24.9 Å². The number of halogens is 3. The lowest BCUT2D eigenvalue weighted by Crippen LogP contribution is -2.10. The molecule has 0 bridgehead atoms. The SMILES string of the molecule is CNc1cc(C(F)(F)F)ccc1C(=O)c1cnoc1C1CC1. The van der Waals surface area contributed by atoms with Gasteiger partial charge in [0.1, 0.15) is 0 Å². The molecule has 1 aliphatic carbocycles. The van der Waals surface area contributed by atoms with Crippen molar-refractivity contribution in [2.24, 2.45) is 0 Å². The molecule has 1 aromatic heterocycles. The van der Waals surface area contributed by atoms with Crippen molar-refractivity contribution >= 4 is 11.5 Å². The minimum atomic E-state index is -4.45. The number of benzene rings is 1. The fourth-order valence-electron chi connectivity index (χ4n) is 2.33. The van der Waals surface area contributed by atoms with Crippen molar-refractivity contribution in [3.63, 3.8) is 0 Å². The predicted octanol–water partition coefficient (Wildman–Crippen LogP) is 3.84. The van der Waals surface area contributed by atoms with Gasteiger partial charge in [0.2, 0.25) is 0 Å². The van der Waals surface area contributed by atoms with E-state index in [1.165, 1.54) is 19.3 Å². The lowest BCUT2D eigenvalue weighted by atomic mass is 9.99. The average molecular weight is 310 g/mol. The number of hydrogen-bond acceptors (Lipinski definition) is 4. The molecule has 1 aliphatic rings. The molecule has 0 amide bonds. The fourth-order valence-corrected chi connectivity index (χ4v) is 2.33. The van der Waals surface area contributed by atoms with E-state index < -0.39 is 11.7 Å². The van der Waals surface area contributed by atoms with Crippen LogP contribution in [0.1, 0.15) is 46.0 Å². The van der Waals surface area contributed by atoms with E-state index in [1.807, 2.05) is 0 Å². The molecule has 0 radical (unpaired) electrons. The van der Waals surface area contributed by atoms with Gasteiger partial charge in [-0.15, -0.1) is 0 Å². The molecule has 3 rings (SSSR count). The number of carbonyl (C=O) groups is 1. The zero-order chi connectivity index (χ0) is 15.9. The normalized spacial score (nSPS) is 14.9. The highest BCUT2D eigenvalue weighted by Crippen LogP contribution is 2.42. The zero-order valence-corrected chi connectivity index (χ0v) is 11.7. The molecule has 7 heteroatoms. The van der Waals surface area contributed by atoms with Crippen LogP contribution in [0, 0.1) is 0 Å². The molecule has 0 spiro atoms. The van der Waals surface area contributed by atoms with Gasteiger partial charge in [0.15, 0.2) is 11.5 Å². The van der Waals surface area contributed by atoms with Crippen LogP contribution in [-0.2, 0) is 6.18 Å². The third-order valence-electron chi connectivity index (χ3n) is 3.65. The summed E-state index contributed by atoms with van der Waals surface area (Å²) >= 11 is 0. The number of nitrogens with one attached hydrogen (secondary N) is 1. The molecule has 0 saturated heterocycles. The first-order chi connectivity index (χ1) is 10.4. The van der Waals surface area contributed by atoms with E-state index in [1.54, 1.807) is 0 Å². The number of hydrogen-bond donors (Lipinski definition) is 1. The van der Waals surface area contributed by atoms with Gasteiger partial charge >= 0.3 is 6.18 Å². The Labute approximate surface area is 124 Å². The third kappa shape index (κ3) is 2.58. The lowest BCUT2D eigenvalue weighted by Gasteiger charge is -2.12. The molecule has 1 saturated carbocycles. The number of rotatable bonds is 4. The Balaban J connectivity index is 2.00. The summed E-state index contributed by atoms with van der Waals surface area (Å²) in [5, 5.41) is 6.29. The highest BCUT2D eigenvalue weighted by Gasteiger charge is 2.34. The zero-order valence-electron chi connectivity index (χ0n) is 11.7. The largest absolute Gasteiger partial charge is 0.416 e. The summed E-state index contributed by atoms with van der Waals surface area (Å²) in [5.41, 5.74) is -0.191. The first-order valence-corrected chi connectivity index (χ1v) is 6.80. The Morgan fingerprint density at radius 2 is 2.05 bits per heavy atom. The first kappa shape index (κ1) is 14.6. The van der Waals surface area contributed by atoms with E-state index >= 15 is 0 Å².